The molecule has 1 rings (SSSR count). The maximum atomic E-state index is 8.43. The summed E-state index contributed by atoms with van der Waals surface area (Å²) in [5.74, 6) is 1.50. The lowest BCUT2D eigenvalue weighted by Crippen LogP contribution is -2.11. The molecular formula is C15H23ClN2O2. The molecule has 0 radical (unpaired) electrons. The van der Waals surface area contributed by atoms with E-state index in [4.69, 9.17) is 27.3 Å². The van der Waals surface area contributed by atoms with Crippen molar-refractivity contribution in [1.82, 2.24) is 0 Å². The highest BCUT2D eigenvalue weighted by molar-refractivity contribution is 6.31. The van der Waals surface area contributed by atoms with Crippen LogP contribution in [0.4, 0.5) is 0 Å². The van der Waals surface area contributed by atoms with Crippen molar-refractivity contribution in [3.8, 4) is 5.75 Å². The maximum Gasteiger partial charge on any atom is 0.139 e. The molecule has 0 heterocycles. The van der Waals surface area contributed by atoms with Crippen molar-refractivity contribution in [1.29, 1.82) is 0 Å². The van der Waals surface area contributed by atoms with Gasteiger partial charge in [-0.05, 0) is 48.9 Å². The van der Waals surface area contributed by atoms with Crippen LogP contribution in [0.1, 0.15) is 50.2 Å². The standard InChI is InChI=1S/C15H23ClN2O2/c1-10(2)12-9-14(11(3)8-13(12)16)20-7-5-4-6-15(17)18-19/h8-10,19H,4-7H2,1-3H3,(H2,17,18). The van der Waals surface area contributed by atoms with Crippen LogP contribution in [0, 0.1) is 6.92 Å². The van der Waals surface area contributed by atoms with Crippen LogP contribution >= 0.6 is 11.6 Å². The monoisotopic (exact) mass is 298 g/mol. The van der Waals surface area contributed by atoms with Crippen LogP contribution < -0.4 is 10.5 Å². The number of ether oxygens (including phenoxy) is 1. The second kappa shape index (κ2) is 8.00. The van der Waals surface area contributed by atoms with Crippen molar-refractivity contribution >= 4 is 17.4 Å². The number of hydrogen-bond donors (Lipinski definition) is 2. The molecule has 1 aromatic carbocycles. The smallest absolute Gasteiger partial charge is 0.139 e. The molecule has 20 heavy (non-hydrogen) atoms. The molecule has 0 spiro atoms. The van der Waals surface area contributed by atoms with Crippen molar-refractivity contribution in [2.75, 3.05) is 6.61 Å². The minimum absolute atomic E-state index is 0.259. The molecule has 0 unspecified atom stereocenters. The number of oxime groups is 1. The fraction of sp³-hybridized carbons (Fsp3) is 0.533. The van der Waals surface area contributed by atoms with Gasteiger partial charge in [0, 0.05) is 11.4 Å². The van der Waals surface area contributed by atoms with Crippen LogP contribution in [-0.2, 0) is 0 Å². The van der Waals surface area contributed by atoms with Gasteiger partial charge in [0.05, 0.1) is 6.61 Å². The molecule has 0 saturated carbocycles. The highest BCUT2D eigenvalue weighted by atomic mass is 35.5. The molecule has 1 aromatic rings. The summed E-state index contributed by atoms with van der Waals surface area (Å²) in [4.78, 5) is 0. The summed E-state index contributed by atoms with van der Waals surface area (Å²) in [7, 11) is 0. The van der Waals surface area contributed by atoms with Crippen molar-refractivity contribution in [3.05, 3.63) is 28.3 Å². The number of unbranched alkanes of at least 4 members (excludes halogenated alkanes) is 1. The van der Waals surface area contributed by atoms with Crippen molar-refractivity contribution in [2.45, 2.75) is 46.0 Å². The van der Waals surface area contributed by atoms with Gasteiger partial charge in [0.25, 0.3) is 0 Å². The van der Waals surface area contributed by atoms with E-state index in [9.17, 15) is 0 Å². The van der Waals surface area contributed by atoms with Crippen LogP contribution in [-0.4, -0.2) is 17.6 Å². The Hall–Kier alpha value is -1.42. The summed E-state index contributed by atoms with van der Waals surface area (Å²) < 4.78 is 5.80. The van der Waals surface area contributed by atoms with Crippen LogP contribution in [0.3, 0.4) is 0 Å². The third kappa shape index (κ3) is 4.93. The fourth-order valence-corrected chi connectivity index (χ4v) is 2.34. The minimum Gasteiger partial charge on any atom is -0.493 e. The SMILES string of the molecule is Cc1cc(Cl)c(C(C)C)cc1OCCCCC(N)=NO. The van der Waals surface area contributed by atoms with E-state index >= 15 is 0 Å². The zero-order valence-electron chi connectivity index (χ0n) is 12.3. The van der Waals surface area contributed by atoms with Gasteiger partial charge in [-0.15, -0.1) is 0 Å². The lowest BCUT2D eigenvalue weighted by molar-refractivity contribution is 0.303. The lowest BCUT2D eigenvalue weighted by atomic mass is 10.0. The Bertz CT molecular complexity index is 473. The Morgan fingerprint density at radius 1 is 1.40 bits per heavy atom. The van der Waals surface area contributed by atoms with Gasteiger partial charge in [-0.25, -0.2) is 0 Å². The minimum atomic E-state index is 0.259. The number of nitrogens with zero attached hydrogens (tertiary/aromatic N) is 1. The van der Waals surface area contributed by atoms with Crippen molar-refractivity contribution in [2.24, 2.45) is 10.9 Å². The van der Waals surface area contributed by atoms with Gasteiger partial charge in [-0.1, -0.05) is 30.6 Å². The number of hydrogen-bond acceptors (Lipinski definition) is 3. The van der Waals surface area contributed by atoms with E-state index in [1.54, 1.807) is 0 Å². The van der Waals surface area contributed by atoms with E-state index in [-0.39, 0.29) is 5.84 Å². The van der Waals surface area contributed by atoms with Gasteiger partial charge in [0.2, 0.25) is 0 Å². The molecule has 0 aromatic heterocycles. The lowest BCUT2D eigenvalue weighted by Gasteiger charge is -2.14. The van der Waals surface area contributed by atoms with E-state index in [1.165, 1.54) is 0 Å². The van der Waals surface area contributed by atoms with E-state index in [2.05, 4.69) is 19.0 Å². The number of rotatable bonds is 7. The predicted molar refractivity (Wildman–Crippen MR) is 83.0 cm³/mol. The average molecular weight is 299 g/mol. The van der Waals surface area contributed by atoms with Crippen LogP contribution in [0.15, 0.2) is 17.3 Å². The zero-order valence-corrected chi connectivity index (χ0v) is 13.1. The van der Waals surface area contributed by atoms with Gasteiger partial charge in [0.1, 0.15) is 11.6 Å². The molecule has 0 saturated heterocycles. The molecule has 112 valence electrons. The summed E-state index contributed by atoms with van der Waals surface area (Å²) >= 11 is 6.22. The molecule has 3 N–H and O–H groups in total. The van der Waals surface area contributed by atoms with Gasteiger partial charge in [-0.2, -0.15) is 0 Å². The molecule has 4 nitrogen and oxygen atoms in total. The predicted octanol–water partition coefficient (Wildman–Crippen LogP) is 4.07. The molecular weight excluding hydrogens is 276 g/mol. The average Bonchev–Trinajstić information content (AvgIpc) is 2.39. The number of benzene rings is 1. The van der Waals surface area contributed by atoms with Crippen molar-refractivity contribution in [3.63, 3.8) is 0 Å². The summed E-state index contributed by atoms with van der Waals surface area (Å²) in [5, 5.41) is 12.2. The molecule has 0 aliphatic heterocycles. The maximum absolute atomic E-state index is 8.43. The first-order chi connectivity index (χ1) is 9.45. The highest BCUT2D eigenvalue weighted by Crippen LogP contribution is 2.31. The first kappa shape index (κ1) is 16.6. The second-order valence-corrected chi connectivity index (χ2v) is 5.60. The Labute approximate surface area is 125 Å². The second-order valence-electron chi connectivity index (χ2n) is 5.19. The molecule has 0 amide bonds. The number of amidine groups is 1. The third-order valence-electron chi connectivity index (χ3n) is 3.13. The van der Waals surface area contributed by atoms with E-state index in [0.717, 1.165) is 34.7 Å². The number of aryl methyl sites for hydroxylation is 1. The molecule has 0 atom stereocenters. The van der Waals surface area contributed by atoms with Crippen LogP contribution in [0.2, 0.25) is 5.02 Å². The molecule has 0 bridgehead atoms. The quantitative estimate of drug-likeness (QED) is 0.262. The van der Waals surface area contributed by atoms with E-state index in [0.29, 0.717) is 18.9 Å². The van der Waals surface area contributed by atoms with Gasteiger partial charge < -0.3 is 15.7 Å². The molecule has 5 heteroatoms. The summed E-state index contributed by atoms with van der Waals surface area (Å²) in [5.41, 5.74) is 7.54. The fourth-order valence-electron chi connectivity index (χ4n) is 1.91. The Morgan fingerprint density at radius 2 is 2.10 bits per heavy atom. The molecule has 0 fully saturated rings. The van der Waals surface area contributed by atoms with E-state index in [1.807, 2.05) is 19.1 Å². The first-order valence-electron chi connectivity index (χ1n) is 6.85. The normalized spacial score (nSPS) is 11.9. The Morgan fingerprint density at radius 3 is 2.70 bits per heavy atom. The van der Waals surface area contributed by atoms with Gasteiger partial charge in [0.15, 0.2) is 0 Å². The largest absolute Gasteiger partial charge is 0.493 e. The summed E-state index contributed by atoms with van der Waals surface area (Å²) in [6.45, 7) is 6.81. The van der Waals surface area contributed by atoms with Crippen LogP contribution in [0.5, 0.6) is 5.75 Å². The number of halogens is 1. The highest BCUT2D eigenvalue weighted by Gasteiger charge is 2.10. The van der Waals surface area contributed by atoms with E-state index < -0.39 is 0 Å². The zero-order chi connectivity index (χ0) is 15.1. The van der Waals surface area contributed by atoms with Gasteiger partial charge >= 0.3 is 0 Å². The van der Waals surface area contributed by atoms with Crippen LogP contribution in [0.25, 0.3) is 0 Å². The molecule has 0 aliphatic rings. The Balaban J connectivity index is 2.53. The van der Waals surface area contributed by atoms with Crippen molar-refractivity contribution < 1.29 is 9.94 Å². The topological polar surface area (TPSA) is 67.8 Å². The third-order valence-corrected chi connectivity index (χ3v) is 3.46. The molecule has 0 aliphatic carbocycles. The van der Waals surface area contributed by atoms with Gasteiger partial charge in [-0.3, -0.25) is 0 Å². The summed E-state index contributed by atoms with van der Waals surface area (Å²) in [6.07, 6.45) is 2.27. The summed E-state index contributed by atoms with van der Waals surface area (Å²) in [6, 6.07) is 3.97. The number of nitrogens with two attached hydrogens (primary N) is 1. The first-order valence-corrected chi connectivity index (χ1v) is 7.22. The Kier molecular flexibility index (Phi) is 6.65.